The summed E-state index contributed by atoms with van der Waals surface area (Å²) in [6.07, 6.45) is 0. The highest BCUT2D eigenvalue weighted by Gasteiger charge is 2.19. The Balaban J connectivity index is 2.37. The minimum atomic E-state index is -4.43. The molecule has 0 fully saturated rings. The molecule has 0 bridgehead atoms. The molecular weight excluding hydrogens is 514 g/mol. The molecule has 0 saturated heterocycles. The van der Waals surface area contributed by atoms with Gasteiger partial charge in [0.25, 0.3) is 20.2 Å². The molecule has 15 nitrogen and oxygen atoms in total. The van der Waals surface area contributed by atoms with E-state index in [1.54, 1.807) is 19.0 Å². The lowest BCUT2D eigenvalue weighted by atomic mass is 10.2. The van der Waals surface area contributed by atoms with Gasteiger partial charge in [-0.25, -0.2) is 4.28 Å². The summed E-state index contributed by atoms with van der Waals surface area (Å²) in [5, 5.41) is 5.79. The highest BCUT2D eigenvalue weighted by Crippen LogP contribution is 2.27. The molecule has 18 heteroatoms. The monoisotopic (exact) mass is 539 g/mol. The molecule has 2 rings (SSSR count). The molecule has 0 aliphatic carbocycles. The van der Waals surface area contributed by atoms with Crippen LogP contribution in [0.15, 0.2) is 28.3 Å². The fraction of sp³-hybridized carbons (Fsp3) is 0.438. The quantitative estimate of drug-likeness (QED) is 0.0629. The molecule has 0 aliphatic rings. The van der Waals surface area contributed by atoms with Crippen LogP contribution in [0.4, 0.5) is 17.6 Å². The molecule has 0 aliphatic heterocycles. The number of hydrogen-bond donors (Lipinski definition) is 4. The van der Waals surface area contributed by atoms with Crippen LogP contribution in [0.2, 0.25) is 0 Å². The number of ether oxygens (including phenoxy) is 1. The smallest absolute Gasteiger partial charge is 0.296 e. The van der Waals surface area contributed by atoms with E-state index in [1.165, 1.54) is 13.2 Å². The van der Waals surface area contributed by atoms with E-state index in [1.807, 2.05) is 0 Å². The number of rotatable bonds is 14. The van der Waals surface area contributed by atoms with E-state index in [0.29, 0.717) is 6.73 Å². The minimum Gasteiger partial charge on any atom is -0.370 e. The van der Waals surface area contributed by atoms with Crippen molar-refractivity contribution in [1.29, 1.82) is 0 Å². The van der Waals surface area contributed by atoms with Gasteiger partial charge in [-0.3, -0.25) is 14.1 Å². The third kappa shape index (κ3) is 8.89. The molecule has 2 aromatic rings. The minimum absolute atomic E-state index is 0.0189. The topological polar surface area (TPSA) is 194 Å². The molecule has 1 aromatic carbocycles. The Bertz CT molecular complexity index is 1180. The van der Waals surface area contributed by atoms with Crippen LogP contribution >= 0.6 is 12.0 Å². The van der Waals surface area contributed by atoms with Crippen molar-refractivity contribution in [2.24, 2.45) is 0 Å². The first kappa shape index (κ1) is 28.1. The molecule has 0 saturated carbocycles. The first-order valence-corrected chi connectivity index (χ1v) is 13.1. The fourth-order valence-corrected chi connectivity index (χ4v) is 4.07. The molecule has 1 heterocycles. The second-order valence-corrected chi connectivity index (χ2v) is 10.5. The van der Waals surface area contributed by atoms with Crippen LogP contribution in [0.5, 0.6) is 0 Å². The van der Waals surface area contributed by atoms with Gasteiger partial charge in [-0.05, 0) is 17.7 Å². The van der Waals surface area contributed by atoms with Crippen LogP contribution in [0, 0.1) is 0 Å². The van der Waals surface area contributed by atoms with Crippen molar-refractivity contribution >= 4 is 49.9 Å². The van der Waals surface area contributed by atoms with E-state index in [-0.39, 0.29) is 39.9 Å². The van der Waals surface area contributed by atoms with E-state index in [0.717, 1.165) is 31.3 Å². The second kappa shape index (κ2) is 12.5. The Morgan fingerprint density at radius 1 is 1.12 bits per heavy atom. The molecule has 0 spiro atoms. The van der Waals surface area contributed by atoms with E-state index >= 15 is 0 Å². The highest BCUT2D eigenvalue weighted by atomic mass is 32.2. The summed E-state index contributed by atoms with van der Waals surface area (Å²) < 4.78 is 71.0. The third-order valence-electron chi connectivity index (χ3n) is 3.80. The molecule has 1 aromatic heterocycles. The van der Waals surface area contributed by atoms with Crippen molar-refractivity contribution in [1.82, 2.24) is 25.7 Å². The number of aromatic nitrogens is 3. The molecule has 0 radical (unpaired) electrons. The summed E-state index contributed by atoms with van der Waals surface area (Å²) in [5.74, 6) is -0.582. The summed E-state index contributed by atoms with van der Waals surface area (Å²) >= 11 is 0.787. The predicted molar refractivity (Wildman–Crippen MR) is 123 cm³/mol. The maximum absolute atomic E-state index is 12.1. The van der Waals surface area contributed by atoms with Crippen molar-refractivity contribution < 1.29 is 34.6 Å². The number of nitrogens with one attached hydrogen (secondary N) is 3. The lowest BCUT2D eigenvalue weighted by Crippen LogP contribution is -2.29. The molecule has 34 heavy (non-hydrogen) atoms. The van der Waals surface area contributed by atoms with Gasteiger partial charge in [0.2, 0.25) is 17.1 Å². The van der Waals surface area contributed by atoms with Crippen molar-refractivity contribution in [2.75, 3.05) is 51.9 Å². The van der Waals surface area contributed by atoms with Crippen LogP contribution in [0.1, 0.15) is 5.56 Å². The molecule has 0 atom stereocenters. The number of hydroxylamine groups is 1. The Morgan fingerprint density at radius 2 is 1.85 bits per heavy atom. The summed E-state index contributed by atoms with van der Waals surface area (Å²) in [7, 11) is -2.60. The van der Waals surface area contributed by atoms with E-state index in [4.69, 9.17) is 9.02 Å². The van der Waals surface area contributed by atoms with Crippen LogP contribution in [0.25, 0.3) is 0 Å². The van der Waals surface area contributed by atoms with E-state index < -0.39 is 26.0 Å². The van der Waals surface area contributed by atoms with Gasteiger partial charge < -0.3 is 15.0 Å². The van der Waals surface area contributed by atoms with Gasteiger partial charge in [-0.15, -0.1) is 0 Å². The third-order valence-corrected chi connectivity index (χ3v) is 6.27. The zero-order chi connectivity index (χ0) is 25.4. The van der Waals surface area contributed by atoms with Crippen LogP contribution in [0.3, 0.4) is 0 Å². The Labute approximate surface area is 201 Å². The van der Waals surface area contributed by atoms with Crippen molar-refractivity contribution in [3.63, 3.8) is 0 Å². The van der Waals surface area contributed by atoms with Gasteiger partial charge in [-0.2, -0.15) is 37.3 Å². The van der Waals surface area contributed by atoms with E-state index in [2.05, 4.69) is 35.2 Å². The second-order valence-electron chi connectivity index (χ2n) is 6.60. The Kier molecular flexibility index (Phi) is 10.3. The summed E-state index contributed by atoms with van der Waals surface area (Å²) in [6, 6.07) is 3.53. The van der Waals surface area contributed by atoms with Crippen LogP contribution < -0.4 is 21.0 Å². The Hall–Kier alpha value is -2.16. The molecule has 4 N–H and O–H groups in total. The fourth-order valence-electron chi connectivity index (χ4n) is 2.31. The van der Waals surface area contributed by atoms with Gasteiger partial charge in [0.05, 0.1) is 37.4 Å². The summed E-state index contributed by atoms with van der Waals surface area (Å²) in [4.78, 5) is 14.0. The van der Waals surface area contributed by atoms with Gasteiger partial charge in [-0.1, -0.05) is 6.07 Å². The average Bonchev–Trinajstić information content (AvgIpc) is 2.76. The van der Waals surface area contributed by atoms with Crippen molar-refractivity contribution in [3.8, 4) is 0 Å². The first-order chi connectivity index (χ1) is 15.9. The number of methoxy groups -OCH3 is 1. The standard InChI is InChI=1S/C16H25N7O8S3/c1-23(2)15-20-14(21-16(22-15)32-31-18-9-17-10-29-3)19-13-7-12(34(27,28)30-4)6-5-11(13)8-33(24,25)26/h5-7,17-18H,8-10H2,1-4H3,(H,24,25,26)(H,19,20,21,22). The normalized spacial score (nSPS) is 12.0. The van der Waals surface area contributed by atoms with Gasteiger partial charge in [0.15, 0.2) is 0 Å². The molecule has 0 unspecified atom stereocenters. The molecular formula is C16H25N7O8S3. The number of anilines is 3. The number of nitrogens with zero attached hydrogens (tertiary/aromatic N) is 4. The SMILES string of the molecule is COCNCNOSc1nc(Nc2cc(S(=O)(=O)OC)ccc2CS(=O)(=O)O)nc(N(C)C)n1. The lowest BCUT2D eigenvalue weighted by molar-refractivity contribution is 0.148. The van der Waals surface area contributed by atoms with Crippen LogP contribution in [-0.2, 0) is 39.2 Å². The zero-order valence-electron chi connectivity index (χ0n) is 18.7. The van der Waals surface area contributed by atoms with Gasteiger partial charge in [0, 0.05) is 26.9 Å². The maximum Gasteiger partial charge on any atom is 0.296 e. The highest BCUT2D eigenvalue weighted by molar-refractivity contribution is 7.94. The largest absolute Gasteiger partial charge is 0.370 e. The first-order valence-electron chi connectivity index (χ1n) is 9.30. The summed E-state index contributed by atoms with van der Waals surface area (Å²) in [5.41, 5.74) is 2.70. The van der Waals surface area contributed by atoms with Crippen LogP contribution in [-0.4, -0.2) is 78.1 Å². The Morgan fingerprint density at radius 3 is 2.47 bits per heavy atom. The molecule has 0 amide bonds. The van der Waals surface area contributed by atoms with E-state index in [9.17, 15) is 21.4 Å². The number of benzene rings is 1. The van der Waals surface area contributed by atoms with Crippen molar-refractivity contribution in [3.05, 3.63) is 23.8 Å². The predicted octanol–water partition coefficient (Wildman–Crippen LogP) is 0.0834. The number of hydrogen-bond acceptors (Lipinski definition) is 15. The van der Waals surface area contributed by atoms with Crippen molar-refractivity contribution in [2.45, 2.75) is 15.8 Å². The lowest BCUT2D eigenvalue weighted by Gasteiger charge is -2.15. The molecule has 190 valence electrons. The van der Waals surface area contributed by atoms with Gasteiger partial charge >= 0.3 is 0 Å². The summed E-state index contributed by atoms with van der Waals surface area (Å²) in [6.45, 7) is 0.590. The van der Waals surface area contributed by atoms with Gasteiger partial charge in [0.1, 0.15) is 5.75 Å². The average molecular weight is 540 g/mol. The zero-order valence-corrected chi connectivity index (χ0v) is 21.1. The maximum atomic E-state index is 12.1.